The number of nitro groups is 2. The van der Waals surface area contributed by atoms with E-state index >= 15 is 0 Å². The molecular formula is C9H6N4O5. The van der Waals surface area contributed by atoms with E-state index in [4.69, 9.17) is 5.26 Å². The van der Waals surface area contributed by atoms with Crippen molar-refractivity contribution in [3.63, 3.8) is 0 Å². The Morgan fingerprint density at radius 3 is 2.11 bits per heavy atom. The smallest absolute Gasteiger partial charge is 0.277 e. The summed E-state index contributed by atoms with van der Waals surface area (Å²) in [6, 6.07) is 4.20. The summed E-state index contributed by atoms with van der Waals surface area (Å²) in [4.78, 5) is 30.9. The van der Waals surface area contributed by atoms with E-state index in [1.165, 1.54) is 0 Å². The third-order valence-electron chi connectivity index (χ3n) is 1.91. The molecule has 1 aromatic rings. The number of amides is 1. The molecule has 0 heterocycles. The van der Waals surface area contributed by atoms with Crippen LogP contribution in [0.25, 0.3) is 0 Å². The number of nitrogens with zero attached hydrogens (tertiary/aromatic N) is 3. The number of non-ortho nitro benzene ring substituents is 2. The molecule has 9 heteroatoms. The quantitative estimate of drug-likeness (QED) is 0.475. The van der Waals surface area contributed by atoms with Gasteiger partial charge in [-0.1, -0.05) is 0 Å². The number of carbonyl (C=O) groups excluding carboxylic acids is 1. The van der Waals surface area contributed by atoms with Crippen LogP contribution in [-0.2, 0) is 0 Å². The minimum atomic E-state index is -0.839. The summed E-state index contributed by atoms with van der Waals surface area (Å²) in [5.41, 5.74) is -1.37. The number of hydrogen-bond acceptors (Lipinski definition) is 6. The van der Waals surface area contributed by atoms with E-state index in [0.29, 0.717) is 0 Å². The second-order valence-electron chi connectivity index (χ2n) is 3.09. The van der Waals surface area contributed by atoms with E-state index in [1.807, 2.05) is 0 Å². The van der Waals surface area contributed by atoms with E-state index in [9.17, 15) is 25.0 Å². The lowest BCUT2D eigenvalue weighted by molar-refractivity contribution is -0.394. The molecule has 0 atom stereocenters. The predicted octanol–water partition coefficient (Wildman–Crippen LogP) is 0.756. The first-order chi connectivity index (χ1) is 8.45. The molecule has 0 fully saturated rings. The normalized spacial score (nSPS) is 9.28. The maximum atomic E-state index is 11.4. The minimum absolute atomic E-state index is 0.244. The highest BCUT2D eigenvalue weighted by Crippen LogP contribution is 2.22. The molecule has 0 saturated carbocycles. The molecule has 1 rings (SSSR count). The maximum Gasteiger partial charge on any atom is 0.277 e. The van der Waals surface area contributed by atoms with Crippen molar-refractivity contribution in [2.75, 3.05) is 6.54 Å². The Morgan fingerprint density at radius 2 is 1.72 bits per heavy atom. The number of nitro benzene ring substituents is 2. The van der Waals surface area contributed by atoms with Gasteiger partial charge in [-0.05, 0) is 0 Å². The highest BCUT2D eigenvalue weighted by molar-refractivity contribution is 5.95. The molecule has 0 aliphatic rings. The van der Waals surface area contributed by atoms with Crippen molar-refractivity contribution in [3.05, 3.63) is 44.0 Å². The van der Waals surface area contributed by atoms with Crippen LogP contribution in [-0.4, -0.2) is 22.3 Å². The summed E-state index contributed by atoms with van der Waals surface area (Å²) >= 11 is 0. The number of nitrogens with one attached hydrogen (secondary N) is 1. The van der Waals surface area contributed by atoms with Gasteiger partial charge in [-0.2, -0.15) is 5.26 Å². The SMILES string of the molecule is N#CCNC(=O)c1cc([N+](=O)[O-])cc([N+](=O)[O-])c1. The Balaban J connectivity index is 3.19. The topological polar surface area (TPSA) is 139 Å². The zero-order valence-electron chi connectivity index (χ0n) is 8.82. The Morgan fingerprint density at radius 1 is 1.22 bits per heavy atom. The van der Waals surface area contributed by atoms with Crippen LogP contribution in [0.15, 0.2) is 18.2 Å². The van der Waals surface area contributed by atoms with E-state index in [0.717, 1.165) is 18.2 Å². The fraction of sp³-hybridized carbons (Fsp3) is 0.111. The van der Waals surface area contributed by atoms with Crippen molar-refractivity contribution >= 4 is 17.3 Å². The highest BCUT2D eigenvalue weighted by atomic mass is 16.6. The monoisotopic (exact) mass is 250 g/mol. The number of benzene rings is 1. The average molecular weight is 250 g/mol. The van der Waals surface area contributed by atoms with Crippen LogP contribution in [0.1, 0.15) is 10.4 Å². The van der Waals surface area contributed by atoms with Crippen LogP contribution in [0.5, 0.6) is 0 Å². The van der Waals surface area contributed by atoms with Crippen LogP contribution in [0.3, 0.4) is 0 Å². The second-order valence-corrected chi connectivity index (χ2v) is 3.09. The van der Waals surface area contributed by atoms with Crippen LogP contribution in [0.2, 0.25) is 0 Å². The Hall–Kier alpha value is -3.02. The van der Waals surface area contributed by atoms with Gasteiger partial charge in [0.05, 0.1) is 27.5 Å². The fourth-order valence-electron chi connectivity index (χ4n) is 1.16. The van der Waals surface area contributed by atoms with E-state index in [2.05, 4.69) is 5.32 Å². The lowest BCUT2D eigenvalue weighted by atomic mass is 10.1. The molecule has 0 aromatic heterocycles. The van der Waals surface area contributed by atoms with Gasteiger partial charge in [0, 0.05) is 12.1 Å². The summed E-state index contributed by atoms with van der Waals surface area (Å²) in [6.45, 7) is -0.296. The van der Waals surface area contributed by atoms with Gasteiger partial charge in [0.25, 0.3) is 17.3 Å². The molecule has 1 aromatic carbocycles. The largest absolute Gasteiger partial charge is 0.339 e. The number of hydrogen-bond donors (Lipinski definition) is 1. The van der Waals surface area contributed by atoms with Gasteiger partial charge in [0.2, 0.25) is 0 Å². The first kappa shape index (κ1) is 13.0. The maximum absolute atomic E-state index is 11.4. The fourth-order valence-corrected chi connectivity index (χ4v) is 1.16. The second kappa shape index (κ2) is 5.35. The first-order valence-corrected chi connectivity index (χ1v) is 4.54. The molecule has 0 spiro atoms. The summed E-state index contributed by atoms with van der Waals surface area (Å²) < 4.78 is 0. The highest BCUT2D eigenvalue weighted by Gasteiger charge is 2.19. The predicted molar refractivity (Wildman–Crippen MR) is 57.7 cm³/mol. The molecule has 18 heavy (non-hydrogen) atoms. The van der Waals surface area contributed by atoms with Crippen molar-refractivity contribution < 1.29 is 14.6 Å². The molecule has 1 amide bonds. The summed E-state index contributed by atoms with van der Waals surface area (Å²) in [6.07, 6.45) is 0. The Labute approximate surface area is 99.9 Å². The van der Waals surface area contributed by atoms with Crippen LogP contribution in [0, 0.1) is 31.6 Å². The van der Waals surface area contributed by atoms with Crippen molar-refractivity contribution in [2.45, 2.75) is 0 Å². The van der Waals surface area contributed by atoms with E-state index in [-0.39, 0.29) is 12.1 Å². The molecular weight excluding hydrogens is 244 g/mol. The van der Waals surface area contributed by atoms with Crippen molar-refractivity contribution in [1.29, 1.82) is 5.26 Å². The molecule has 1 N–H and O–H groups in total. The molecule has 0 aliphatic heterocycles. The van der Waals surface area contributed by atoms with Crippen LogP contribution < -0.4 is 5.32 Å². The van der Waals surface area contributed by atoms with E-state index < -0.39 is 27.1 Å². The van der Waals surface area contributed by atoms with Gasteiger partial charge >= 0.3 is 0 Å². The Kier molecular flexibility index (Phi) is 3.88. The van der Waals surface area contributed by atoms with Gasteiger partial charge in [0.15, 0.2) is 0 Å². The average Bonchev–Trinajstić information content (AvgIpc) is 2.35. The summed E-state index contributed by atoms with van der Waals surface area (Å²) in [5, 5.41) is 31.5. The minimum Gasteiger partial charge on any atom is -0.339 e. The van der Waals surface area contributed by atoms with Gasteiger partial charge in [-0.25, -0.2) is 0 Å². The third-order valence-corrected chi connectivity index (χ3v) is 1.91. The lowest BCUT2D eigenvalue weighted by Crippen LogP contribution is -2.23. The molecule has 0 aliphatic carbocycles. The summed E-state index contributed by atoms with van der Waals surface area (Å²) in [5.74, 6) is -0.789. The molecule has 0 radical (unpaired) electrons. The van der Waals surface area contributed by atoms with Crippen LogP contribution in [0.4, 0.5) is 11.4 Å². The van der Waals surface area contributed by atoms with Gasteiger partial charge < -0.3 is 5.32 Å². The molecule has 92 valence electrons. The third kappa shape index (κ3) is 2.99. The lowest BCUT2D eigenvalue weighted by Gasteiger charge is -2.01. The molecule has 0 unspecified atom stereocenters. The standard InChI is InChI=1S/C9H6N4O5/c10-1-2-11-9(14)6-3-7(12(15)16)5-8(4-6)13(17)18/h3-5H,2H2,(H,11,14). The van der Waals surface area contributed by atoms with Crippen molar-refractivity contribution in [2.24, 2.45) is 0 Å². The number of carbonyl (C=O) groups is 1. The molecule has 9 nitrogen and oxygen atoms in total. The zero-order valence-corrected chi connectivity index (χ0v) is 8.82. The molecule has 0 saturated heterocycles. The number of rotatable bonds is 4. The van der Waals surface area contributed by atoms with E-state index in [1.54, 1.807) is 6.07 Å². The van der Waals surface area contributed by atoms with Crippen molar-refractivity contribution in [3.8, 4) is 6.07 Å². The van der Waals surface area contributed by atoms with Crippen LogP contribution >= 0.6 is 0 Å². The summed E-state index contributed by atoms with van der Waals surface area (Å²) in [7, 11) is 0. The molecule has 0 bridgehead atoms. The Bertz CT molecular complexity index is 530. The van der Waals surface area contributed by atoms with Gasteiger partial charge in [0.1, 0.15) is 6.54 Å². The van der Waals surface area contributed by atoms with Gasteiger partial charge in [-0.3, -0.25) is 25.0 Å². The number of nitriles is 1. The van der Waals surface area contributed by atoms with Crippen molar-refractivity contribution in [1.82, 2.24) is 5.32 Å². The van der Waals surface area contributed by atoms with Gasteiger partial charge in [-0.15, -0.1) is 0 Å². The first-order valence-electron chi connectivity index (χ1n) is 4.54. The zero-order chi connectivity index (χ0) is 13.7.